The first-order chi connectivity index (χ1) is 9.73. The molecular weight excluding hydrogens is 358 g/mol. The van der Waals surface area contributed by atoms with Gasteiger partial charge in [-0.05, 0) is 53.9 Å². The van der Waals surface area contributed by atoms with Crippen molar-refractivity contribution in [1.82, 2.24) is 4.31 Å². The summed E-state index contributed by atoms with van der Waals surface area (Å²) in [6.45, 7) is 4.37. The van der Waals surface area contributed by atoms with Gasteiger partial charge in [0.05, 0.1) is 10.5 Å². The molecule has 7 heteroatoms. The van der Waals surface area contributed by atoms with Gasteiger partial charge in [0.15, 0.2) is 0 Å². The number of hydrogen-bond donors (Lipinski definition) is 1. The van der Waals surface area contributed by atoms with Crippen LogP contribution >= 0.6 is 15.9 Å². The second kappa shape index (κ2) is 5.90. The Bertz CT molecular complexity index is 725. The van der Waals surface area contributed by atoms with Crippen LogP contribution in [0.5, 0.6) is 0 Å². The first-order valence-corrected chi connectivity index (χ1v) is 8.66. The molecule has 0 amide bonds. The predicted molar refractivity (Wildman–Crippen MR) is 83.0 cm³/mol. The summed E-state index contributed by atoms with van der Waals surface area (Å²) < 4.78 is 27.2. The number of carboxylic acids is 1. The van der Waals surface area contributed by atoms with Crippen molar-refractivity contribution >= 4 is 31.9 Å². The number of aromatic carboxylic acids is 1. The molecule has 0 spiro atoms. The largest absolute Gasteiger partial charge is 0.478 e. The van der Waals surface area contributed by atoms with Gasteiger partial charge in [-0.15, -0.1) is 0 Å². The molecule has 0 unspecified atom stereocenters. The van der Waals surface area contributed by atoms with Crippen LogP contribution < -0.4 is 0 Å². The highest BCUT2D eigenvalue weighted by atomic mass is 79.9. The van der Waals surface area contributed by atoms with E-state index in [9.17, 15) is 13.2 Å². The Morgan fingerprint density at radius 3 is 2.52 bits per heavy atom. The van der Waals surface area contributed by atoms with Crippen LogP contribution in [0.15, 0.2) is 33.2 Å². The fourth-order valence-electron chi connectivity index (χ4n) is 2.16. The van der Waals surface area contributed by atoms with Gasteiger partial charge in [-0.1, -0.05) is 11.6 Å². The standard InChI is InChI=1S/C14H16BrNO4S/c1-9-3-5-16(6-4-9)21(19,20)12-8-11(14(17)18)7-10(2)13(12)15/h3,7-8H,4-6H2,1-2H3,(H,17,18). The molecule has 1 aromatic carbocycles. The third-order valence-corrected chi connectivity index (χ3v) is 6.69. The SMILES string of the molecule is CC1=CCN(S(=O)(=O)c2cc(C(=O)O)cc(C)c2Br)CC1. The van der Waals surface area contributed by atoms with Crippen LogP contribution in [0.2, 0.25) is 0 Å². The summed E-state index contributed by atoms with van der Waals surface area (Å²) in [6, 6.07) is 2.66. The van der Waals surface area contributed by atoms with Crippen LogP contribution in [-0.4, -0.2) is 36.9 Å². The molecule has 5 nitrogen and oxygen atoms in total. The number of carboxylic acid groups (broad SMARTS) is 1. The van der Waals surface area contributed by atoms with Crippen molar-refractivity contribution in [1.29, 1.82) is 0 Å². The van der Waals surface area contributed by atoms with Crippen molar-refractivity contribution < 1.29 is 18.3 Å². The fourth-order valence-corrected chi connectivity index (χ4v) is 4.54. The van der Waals surface area contributed by atoms with Gasteiger partial charge in [0.2, 0.25) is 10.0 Å². The summed E-state index contributed by atoms with van der Waals surface area (Å²) in [6.07, 6.45) is 2.57. The molecule has 0 radical (unpaired) electrons. The highest BCUT2D eigenvalue weighted by Crippen LogP contribution is 2.30. The molecular formula is C14H16BrNO4S. The number of halogens is 1. The molecule has 1 N–H and O–H groups in total. The lowest BCUT2D eigenvalue weighted by molar-refractivity contribution is 0.0696. The van der Waals surface area contributed by atoms with E-state index in [2.05, 4.69) is 15.9 Å². The summed E-state index contributed by atoms with van der Waals surface area (Å²) in [5.74, 6) is -1.14. The zero-order valence-electron chi connectivity index (χ0n) is 11.8. The fraction of sp³-hybridized carbons (Fsp3) is 0.357. The molecule has 0 fully saturated rings. The average Bonchev–Trinajstić information content (AvgIpc) is 2.41. The Kier molecular flexibility index (Phi) is 4.55. The van der Waals surface area contributed by atoms with Crippen molar-refractivity contribution in [2.45, 2.75) is 25.2 Å². The molecule has 0 aliphatic carbocycles. The Morgan fingerprint density at radius 1 is 1.33 bits per heavy atom. The van der Waals surface area contributed by atoms with Crippen LogP contribution in [0.1, 0.15) is 29.3 Å². The molecule has 0 saturated carbocycles. The van der Waals surface area contributed by atoms with E-state index >= 15 is 0 Å². The zero-order valence-corrected chi connectivity index (χ0v) is 14.2. The quantitative estimate of drug-likeness (QED) is 0.826. The lowest BCUT2D eigenvalue weighted by atomic mass is 10.1. The van der Waals surface area contributed by atoms with Crippen LogP contribution in [0.25, 0.3) is 0 Å². The smallest absolute Gasteiger partial charge is 0.335 e. The number of nitrogens with zero attached hydrogens (tertiary/aromatic N) is 1. The Hall–Kier alpha value is -1.18. The van der Waals surface area contributed by atoms with Gasteiger partial charge in [0.25, 0.3) is 0 Å². The summed E-state index contributed by atoms with van der Waals surface area (Å²) in [5.41, 5.74) is 1.71. The van der Waals surface area contributed by atoms with E-state index in [1.807, 2.05) is 13.0 Å². The number of benzene rings is 1. The summed E-state index contributed by atoms with van der Waals surface area (Å²) in [4.78, 5) is 11.1. The number of sulfonamides is 1. The average molecular weight is 374 g/mol. The normalized spacial score (nSPS) is 16.6. The Balaban J connectivity index is 2.52. The van der Waals surface area contributed by atoms with Gasteiger partial charge < -0.3 is 5.11 Å². The molecule has 1 aliphatic rings. The van der Waals surface area contributed by atoms with Gasteiger partial charge in [-0.25, -0.2) is 13.2 Å². The van der Waals surface area contributed by atoms with Crippen LogP contribution in [0, 0.1) is 6.92 Å². The van der Waals surface area contributed by atoms with E-state index in [0.717, 1.165) is 5.57 Å². The minimum Gasteiger partial charge on any atom is -0.478 e. The van der Waals surface area contributed by atoms with Crippen LogP contribution in [0.4, 0.5) is 0 Å². The van der Waals surface area contributed by atoms with Gasteiger partial charge in [0.1, 0.15) is 0 Å². The molecule has 1 heterocycles. The van der Waals surface area contributed by atoms with Crippen molar-refractivity contribution in [2.75, 3.05) is 13.1 Å². The number of hydrogen-bond acceptors (Lipinski definition) is 3. The predicted octanol–water partition coefficient (Wildman–Crippen LogP) is 2.80. The van der Waals surface area contributed by atoms with E-state index in [-0.39, 0.29) is 10.5 Å². The maximum atomic E-state index is 12.7. The monoisotopic (exact) mass is 373 g/mol. The van der Waals surface area contributed by atoms with Crippen LogP contribution in [-0.2, 0) is 10.0 Å². The Labute approximate surface area is 132 Å². The molecule has 114 valence electrons. The second-order valence-corrected chi connectivity index (χ2v) is 7.77. The maximum absolute atomic E-state index is 12.7. The van der Waals surface area contributed by atoms with Crippen molar-refractivity contribution in [3.63, 3.8) is 0 Å². The third kappa shape index (κ3) is 3.20. The summed E-state index contributed by atoms with van der Waals surface area (Å²) >= 11 is 3.26. The van der Waals surface area contributed by atoms with Crippen molar-refractivity contribution in [3.05, 3.63) is 39.4 Å². The van der Waals surface area contributed by atoms with Crippen molar-refractivity contribution in [2.24, 2.45) is 0 Å². The lowest BCUT2D eigenvalue weighted by Crippen LogP contribution is -2.35. The maximum Gasteiger partial charge on any atom is 0.335 e. The summed E-state index contributed by atoms with van der Waals surface area (Å²) in [5, 5.41) is 9.10. The number of rotatable bonds is 3. The van der Waals surface area contributed by atoms with E-state index in [1.54, 1.807) is 6.92 Å². The van der Waals surface area contributed by atoms with Crippen molar-refractivity contribution in [3.8, 4) is 0 Å². The molecule has 21 heavy (non-hydrogen) atoms. The first-order valence-electron chi connectivity index (χ1n) is 6.42. The number of carbonyl (C=O) groups is 1. The minimum atomic E-state index is -3.72. The van der Waals surface area contributed by atoms with Gasteiger partial charge in [0, 0.05) is 17.6 Å². The molecule has 0 bridgehead atoms. The third-order valence-electron chi connectivity index (χ3n) is 3.48. The van der Waals surface area contributed by atoms with Crippen LogP contribution in [0.3, 0.4) is 0 Å². The summed E-state index contributed by atoms with van der Waals surface area (Å²) in [7, 11) is -3.72. The van der Waals surface area contributed by atoms with E-state index < -0.39 is 16.0 Å². The molecule has 1 aliphatic heterocycles. The minimum absolute atomic E-state index is 0.00727. The lowest BCUT2D eigenvalue weighted by Gasteiger charge is -2.25. The van der Waals surface area contributed by atoms with Gasteiger partial charge >= 0.3 is 5.97 Å². The second-order valence-electron chi connectivity index (χ2n) is 5.07. The van der Waals surface area contributed by atoms with Gasteiger partial charge in [-0.3, -0.25) is 0 Å². The molecule has 0 atom stereocenters. The molecule has 0 saturated heterocycles. The van der Waals surface area contributed by atoms with E-state index in [0.29, 0.717) is 29.5 Å². The molecule has 1 aromatic rings. The Morgan fingerprint density at radius 2 is 2.00 bits per heavy atom. The first kappa shape index (κ1) is 16.2. The topological polar surface area (TPSA) is 74.7 Å². The molecule has 0 aromatic heterocycles. The highest BCUT2D eigenvalue weighted by molar-refractivity contribution is 9.10. The van der Waals surface area contributed by atoms with E-state index in [4.69, 9.17) is 5.11 Å². The van der Waals surface area contributed by atoms with Gasteiger partial charge in [-0.2, -0.15) is 4.31 Å². The zero-order chi connectivity index (χ0) is 15.8. The highest BCUT2D eigenvalue weighted by Gasteiger charge is 2.29. The molecule has 2 rings (SSSR count). The number of aryl methyl sites for hydroxylation is 1. The van der Waals surface area contributed by atoms with E-state index in [1.165, 1.54) is 16.4 Å².